The Bertz CT molecular complexity index is 210. The molecular formula is C10H16O5. The van der Waals surface area contributed by atoms with Crippen molar-refractivity contribution < 1.29 is 24.5 Å². The van der Waals surface area contributed by atoms with Crippen LogP contribution in [0.2, 0.25) is 0 Å². The van der Waals surface area contributed by atoms with Gasteiger partial charge in [-0.15, -0.1) is 0 Å². The lowest BCUT2D eigenvalue weighted by atomic mass is 10.3. The molecule has 15 heavy (non-hydrogen) atoms. The molecule has 0 rings (SSSR count). The molecule has 0 saturated heterocycles. The number of unbranched alkanes of at least 4 members (excludes halogenated alkanes) is 1. The molecule has 0 aromatic rings. The van der Waals surface area contributed by atoms with Crippen molar-refractivity contribution in [3.05, 3.63) is 25.3 Å². The van der Waals surface area contributed by atoms with Crippen LogP contribution >= 0.6 is 0 Å². The maximum absolute atomic E-state index is 10.4. The Morgan fingerprint density at radius 3 is 2.07 bits per heavy atom. The molecule has 0 spiro atoms. The highest BCUT2D eigenvalue weighted by Crippen LogP contribution is 1.88. The molecular weight excluding hydrogens is 200 g/mol. The van der Waals surface area contributed by atoms with E-state index in [1.807, 2.05) is 0 Å². The van der Waals surface area contributed by atoms with Gasteiger partial charge in [0.2, 0.25) is 0 Å². The average Bonchev–Trinajstić information content (AvgIpc) is 2.24. The lowest BCUT2D eigenvalue weighted by Crippen LogP contribution is -2.02. The molecule has 0 fully saturated rings. The van der Waals surface area contributed by atoms with Crippen molar-refractivity contribution in [2.75, 3.05) is 13.2 Å². The fourth-order valence-electron chi connectivity index (χ4n) is 0.446. The summed E-state index contributed by atoms with van der Waals surface area (Å²) in [6, 6.07) is 0. The van der Waals surface area contributed by atoms with Gasteiger partial charge in [-0.05, 0) is 12.8 Å². The van der Waals surface area contributed by atoms with Gasteiger partial charge in [-0.3, -0.25) is 0 Å². The second-order valence-corrected chi connectivity index (χ2v) is 2.34. The van der Waals surface area contributed by atoms with E-state index in [2.05, 4.69) is 17.9 Å². The second-order valence-electron chi connectivity index (χ2n) is 2.34. The number of hydrogen-bond donors (Lipinski definition) is 2. The van der Waals surface area contributed by atoms with E-state index in [1.165, 1.54) is 0 Å². The van der Waals surface area contributed by atoms with E-state index >= 15 is 0 Å². The van der Waals surface area contributed by atoms with Crippen molar-refractivity contribution >= 4 is 11.9 Å². The first-order valence-electron chi connectivity index (χ1n) is 4.33. The molecule has 5 nitrogen and oxygen atoms in total. The Morgan fingerprint density at radius 1 is 1.20 bits per heavy atom. The molecule has 0 bridgehead atoms. The quantitative estimate of drug-likeness (QED) is 0.389. The molecule has 0 aliphatic carbocycles. The van der Waals surface area contributed by atoms with Crippen LogP contribution in [-0.4, -0.2) is 35.4 Å². The van der Waals surface area contributed by atoms with Crippen molar-refractivity contribution in [3.8, 4) is 0 Å². The topological polar surface area (TPSA) is 83.8 Å². The van der Waals surface area contributed by atoms with Crippen LogP contribution in [0.4, 0.5) is 0 Å². The van der Waals surface area contributed by atoms with E-state index in [-0.39, 0.29) is 6.61 Å². The molecule has 0 amide bonds. The summed E-state index contributed by atoms with van der Waals surface area (Å²) in [5.74, 6) is -1.39. The van der Waals surface area contributed by atoms with Gasteiger partial charge in [0.15, 0.2) is 0 Å². The molecule has 5 heteroatoms. The van der Waals surface area contributed by atoms with E-state index in [0.717, 1.165) is 12.2 Å². The molecule has 2 N–H and O–H groups in total. The number of carbonyl (C=O) groups excluding carboxylic acids is 1. The number of aliphatic hydroxyl groups excluding tert-OH is 1. The molecule has 0 saturated carbocycles. The Labute approximate surface area is 88.7 Å². The number of carboxylic acid groups (broad SMARTS) is 1. The highest BCUT2D eigenvalue weighted by Gasteiger charge is 1.92. The molecule has 0 unspecified atom stereocenters. The Kier molecular flexibility index (Phi) is 13.1. The molecule has 0 aliphatic rings. The summed E-state index contributed by atoms with van der Waals surface area (Å²) >= 11 is 0. The summed E-state index contributed by atoms with van der Waals surface area (Å²) in [4.78, 5) is 19.6. The number of carbonyl (C=O) groups is 2. The van der Waals surface area contributed by atoms with Crippen LogP contribution in [0.3, 0.4) is 0 Å². The highest BCUT2D eigenvalue weighted by molar-refractivity contribution is 5.81. The largest absolute Gasteiger partial charge is 0.478 e. The van der Waals surface area contributed by atoms with Gasteiger partial charge in [0.25, 0.3) is 0 Å². The van der Waals surface area contributed by atoms with Crippen molar-refractivity contribution in [1.82, 2.24) is 0 Å². The van der Waals surface area contributed by atoms with Crippen molar-refractivity contribution in [3.63, 3.8) is 0 Å². The minimum absolute atomic E-state index is 0.144. The lowest BCUT2D eigenvalue weighted by molar-refractivity contribution is -0.138. The Morgan fingerprint density at radius 2 is 1.73 bits per heavy atom. The van der Waals surface area contributed by atoms with Crippen molar-refractivity contribution in [1.29, 1.82) is 0 Å². The minimum atomic E-state index is -0.981. The number of aliphatic carboxylic acids is 1. The number of hydrogen-bond acceptors (Lipinski definition) is 4. The maximum Gasteiger partial charge on any atom is 0.330 e. The van der Waals surface area contributed by atoms with E-state index in [1.54, 1.807) is 0 Å². The first-order valence-corrected chi connectivity index (χ1v) is 4.33. The van der Waals surface area contributed by atoms with Crippen LogP contribution < -0.4 is 0 Å². The van der Waals surface area contributed by atoms with Gasteiger partial charge >= 0.3 is 11.9 Å². The standard InChI is InChI=1S/C7H12O3.C3H4O2/c1-2-7(9)10-6-4-3-5-8;1-2-3(4)5/h2,8H,1,3-6H2;2H,1H2,(H,4,5). The van der Waals surface area contributed by atoms with Gasteiger partial charge in [0.1, 0.15) is 0 Å². The maximum atomic E-state index is 10.4. The molecule has 0 aliphatic heterocycles. The van der Waals surface area contributed by atoms with Crippen LogP contribution in [0.5, 0.6) is 0 Å². The smallest absolute Gasteiger partial charge is 0.330 e. The summed E-state index contributed by atoms with van der Waals surface area (Å²) < 4.78 is 4.63. The second kappa shape index (κ2) is 12.4. The predicted molar refractivity (Wildman–Crippen MR) is 55.3 cm³/mol. The number of ether oxygens (including phenoxy) is 1. The van der Waals surface area contributed by atoms with Crippen LogP contribution in [0.15, 0.2) is 25.3 Å². The zero-order chi connectivity index (χ0) is 12.1. The highest BCUT2D eigenvalue weighted by atomic mass is 16.5. The van der Waals surface area contributed by atoms with Crippen LogP contribution in [0.1, 0.15) is 12.8 Å². The molecule has 0 aromatic heterocycles. The zero-order valence-corrected chi connectivity index (χ0v) is 8.52. The zero-order valence-electron chi connectivity index (χ0n) is 8.52. The van der Waals surface area contributed by atoms with E-state index in [9.17, 15) is 9.59 Å². The van der Waals surface area contributed by atoms with Gasteiger partial charge in [-0.25, -0.2) is 9.59 Å². The molecule has 86 valence electrons. The van der Waals surface area contributed by atoms with Gasteiger partial charge in [0.05, 0.1) is 6.61 Å². The predicted octanol–water partition coefficient (Wildman–Crippen LogP) is 0.745. The van der Waals surface area contributed by atoms with Gasteiger partial charge in [-0.1, -0.05) is 13.2 Å². The third-order valence-electron chi connectivity index (χ3n) is 1.14. The normalized spacial score (nSPS) is 8.07. The van der Waals surface area contributed by atoms with E-state index in [4.69, 9.17) is 10.2 Å². The third kappa shape index (κ3) is 19.0. The van der Waals surface area contributed by atoms with Crippen molar-refractivity contribution in [2.24, 2.45) is 0 Å². The average molecular weight is 216 g/mol. The number of rotatable bonds is 6. The number of carboxylic acids is 1. The first-order chi connectivity index (χ1) is 7.08. The molecule has 0 heterocycles. The van der Waals surface area contributed by atoms with Gasteiger partial charge in [0, 0.05) is 18.8 Å². The summed E-state index contributed by atoms with van der Waals surface area (Å²) in [5, 5.41) is 15.9. The van der Waals surface area contributed by atoms with Crippen molar-refractivity contribution in [2.45, 2.75) is 12.8 Å². The van der Waals surface area contributed by atoms with Gasteiger partial charge < -0.3 is 14.9 Å². The molecule has 0 aromatic carbocycles. The SMILES string of the molecule is C=CC(=O)O.C=CC(=O)OCCCCO. The van der Waals surface area contributed by atoms with Crippen LogP contribution in [0.25, 0.3) is 0 Å². The Hall–Kier alpha value is -1.62. The Balaban J connectivity index is 0. The van der Waals surface area contributed by atoms with E-state index in [0.29, 0.717) is 19.4 Å². The third-order valence-corrected chi connectivity index (χ3v) is 1.14. The summed E-state index contributed by atoms with van der Waals surface area (Å²) in [7, 11) is 0. The van der Waals surface area contributed by atoms with Gasteiger partial charge in [-0.2, -0.15) is 0 Å². The lowest BCUT2D eigenvalue weighted by Gasteiger charge is -1.98. The monoisotopic (exact) mass is 216 g/mol. The van der Waals surface area contributed by atoms with Crippen LogP contribution in [-0.2, 0) is 14.3 Å². The summed E-state index contributed by atoms with van der Waals surface area (Å²) in [6.45, 7) is 6.71. The number of aliphatic hydroxyl groups is 1. The fourth-order valence-corrected chi connectivity index (χ4v) is 0.446. The van der Waals surface area contributed by atoms with E-state index < -0.39 is 11.9 Å². The molecule has 0 radical (unpaired) electrons. The fraction of sp³-hybridized carbons (Fsp3) is 0.400. The minimum Gasteiger partial charge on any atom is -0.478 e. The summed E-state index contributed by atoms with van der Waals surface area (Å²) in [6.07, 6.45) is 3.33. The number of esters is 1. The summed E-state index contributed by atoms with van der Waals surface area (Å²) in [5.41, 5.74) is 0. The first kappa shape index (κ1) is 15.8. The van der Waals surface area contributed by atoms with Crippen LogP contribution in [0, 0.1) is 0 Å². The molecule has 0 atom stereocenters.